The van der Waals surface area contributed by atoms with Crippen LogP contribution in [-0.2, 0) is 15.7 Å². The van der Waals surface area contributed by atoms with Crippen LogP contribution in [0.3, 0.4) is 0 Å². The smallest absolute Gasteiger partial charge is 0.416 e. The van der Waals surface area contributed by atoms with Crippen LogP contribution in [-0.4, -0.2) is 13.1 Å². The summed E-state index contributed by atoms with van der Waals surface area (Å²) in [5.41, 5.74) is 4.16. The van der Waals surface area contributed by atoms with E-state index in [0.29, 0.717) is 0 Å². The van der Waals surface area contributed by atoms with Crippen molar-refractivity contribution in [3.63, 3.8) is 0 Å². The number of alkyl halides is 3. The molecule has 0 spiro atoms. The molecule has 1 rings (SSSR count). The van der Waals surface area contributed by atoms with E-state index < -0.39 is 23.8 Å². The molecule has 0 aliphatic carbocycles. The molecule has 6 heteroatoms. The van der Waals surface area contributed by atoms with Crippen molar-refractivity contribution >= 4 is 5.97 Å². The van der Waals surface area contributed by atoms with E-state index in [1.807, 2.05) is 0 Å². The highest BCUT2D eigenvalue weighted by Crippen LogP contribution is 2.34. The first-order valence-corrected chi connectivity index (χ1v) is 4.37. The van der Waals surface area contributed by atoms with Crippen LogP contribution in [0.15, 0.2) is 24.3 Å². The summed E-state index contributed by atoms with van der Waals surface area (Å²) in [6.07, 6.45) is -4.54. The fraction of sp³-hybridized carbons (Fsp3) is 0.300. The fourth-order valence-electron chi connectivity index (χ4n) is 1.28. The molecule has 2 N–H and O–H groups in total. The summed E-state index contributed by atoms with van der Waals surface area (Å²) in [5, 5.41) is 0. The van der Waals surface area contributed by atoms with Gasteiger partial charge in [-0.1, -0.05) is 18.2 Å². The van der Waals surface area contributed by atoms with Gasteiger partial charge in [0.15, 0.2) is 0 Å². The van der Waals surface area contributed by atoms with Gasteiger partial charge in [0.2, 0.25) is 0 Å². The van der Waals surface area contributed by atoms with Crippen LogP contribution in [0.2, 0.25) is 0 Å². The van der Waals surface area contributed by atoms with Gasteiger partial charge in [-0.15, -0.1) is 0 Å². The zero-order valence-electron chi connectivity index (χ0n) is 8.41. The summed E-state index contributed by atoms with van der Waals surface area (Å²) in [6.45, 7) is 0. The van der Waals surface area contributed by atoms with E-state index in [2.05, 4.69) is 4.74 Å². The molecule has 1 aromatic carbocycles. The second-order valence-electron chi connectivity index (χ2n) is 3.09. The zero-order valence-corrected chi connectivity index (χ0v) is 8.41. The minimum absolute atomic E-state index is 0.290. The topological polar surface area (TPSA) is 52.3 Å². The number of methoxy groups -OCH3 is 1. The highest BCUT2D eigenvalue weighted by atomic mass is 19.4. The number of benzene rings is 1. The van der Waals surface area contributed by atoms with Gasteiger partial charge in [-0.25, -0.2) is 0 Å². The van der Waals surface area contributed by atoms with E-state index in [1.54, 1.807) is 0 Å². The molecule has 0 amide bonds. The van der Waals surface area contributed by atoms with Gasteiger partial charge >= 0.3 is 12.1 Å². The van der Waals surface area contributed by atoms with Gasteiger partial charge in [-0.3, -0.25) is 4.79 Å². The summed E-state index contributed by atoms with van der Waals surface area (Å²) in [7, 11) is 1.07. The van der Waals surface area contributed by atoms with Gasteiger partial charge in [0.05, 0.1) is 12.7 Å². The Labute approximate surface area is 90.0 Å². The Bertz CT molecular complexity index is 390. The lowest BCUT2D eigenvalue weighted by molar-refractivity contribution is -0.144. The largest absolute Gasteiger partial charge is 0.468 e. The number of halogens is 3. The average Bonchev–Trinajstić information content (AvgIpc) is 2.26. The molecule has 0 heterocycles. The van der Waals surface area contributed by atoms with Crippen molar-refractivity contribution in [2.24, 2.45) is 5.73 Å². The third-order valence-corrected chi connectivity index (χ3v) is 2.06. The van der Waals surface area contributed by atoms with Crippen molar-refractivity contribution < 1.29 is 22.7 Å². The molecular formula is C10H10F3NO2. The Hall–Kier alpha value is -1.56. The minimum Gasteiger partial charge on any atom is -0.468 e. The maximum Gasteiger partial charge on any atom is 0.416 e. The van der Waals surface area contributed by atoms with Gasteiger partial charge in [0.25, 0.3) is 0 Å². The predicted octanol–water partition coefficient (Wildman–Crippen LogP) is 1.88. The van der Waals surface area contributed by atoms with Gasteiger partial charge in [-0.05, 0) is 11.6 Å². The SMILES string of the molecule is COC(=O)C(N)c1ccccc1C(F)(F)F. The van der Waals surface area contributed by atoms with Crippen LogP contribution in [0.4, 0.5) is 13.2 Å². The van der Waals surface area contributed by atoms with Crippen LogP contribution >= 0.6 is 0 Å². The van der Waals surface area contributed by atoms with E-state index >= 15 is 0 Å². The van der Waals surface area contributed by atoms with Crippen LogP contribution < -0.4 is 5.73 Å². The second-order valence-corrected chi connectivity index (χ2v) is 3.09. The number of rotatable bonds is 2. The number of hydrogen-bond acceptors (Lipinski definition) is 3. The lowest BCUT2D eigenvalue weighted by Crippen LogP contribution is -2.25. The summed E-state index contributed by atoms with van der Waals surface area (Å²) in [5.74, 6) is -0.906. The van der Waals surface area contributed by atoms with Gasteiger partial charge in [0.1, 0.15) is 6.04 Å². The van der Waals surface area contributed by atoms with Crippen molar-refractivity contribution in [1.82, 2.24) is 0 Å². The molecule has 0 fully saturated rings. The van der Waals surface area contributed by atoms with Crippen LogP contribution in [0.5, 0.6) is 0 Å². The number of carbonyl (C=O) groups is 1. The van der Waals surface area contributed by atoms with Crippen LogP contribution in [0.1, 0.15) is 17.2 Å². The summed E-state index contributed by atoms with van der Waals surface area (Å²) in [4.78, 5) is 11.1. The highest BCUT2D eigenvalue weighted by molar-refractivity contribution is 5.77. The molecule has 88 valence electrons. The molecule has 16 heavy (non-hydrogen) atoms. The molecule has 0 aromatic heterocycles. The maximum atomic E-state index is 12.6. The molecule has 3 nitrogen and oxygen atoms in total. The Balaban J connectivity index is 3.19. The summed E-state index contributed by atoms with van der Waals surface area (Å²) >= 11 is 0. The number of ether oxygens (including phenoxy) is 1. The van der Waals surface area contributed by atoms with E-state index in [9.17, 15) is 18.0 Å². The first kappa shape index (κ1) is 12.5. The third kappa shape index (κ3) is 2.52. The van der Waals surface area contributed by atoms with Crippen molar-refractivity contribution in [3.05, 3.63) is 35.4 Å². The van der Waals surface area contributed by atoms with Gasteiger partial charge in [0, 0.05) is 0 Å². The van der Waals surface area contributed by atoms with E-state index in [0.717, 1.165) is 19.2 Å². The Morgan fingerprint density at radius 3 is 2.44 bits per heavy atom. The Kier molecular flexibility index (Phi) is 3.54. The Morgan fingerprint density at radius 2 is 1.94 bits per heavy atom. The summed E-state index contributed by atoms with van der Waals surface area (Å²) < 4.78 is 42.0. The first-order chi connectivity index (χ1) is 7.38. The zero-order chi connectivity index (χ0) is 12.3. The molecule has 1 unspecified atom stereocenters. The van der Waals surface area contributed by atoms with Crippen molar-refractivity contribution in [3.8, 4) is 0 Å². The lowest BCUT2D eigenvalue weighted by atomic mass is 10.0. The molecule has 0 aliphatic rings. The van der Waals surface area contributed by atoms with Gasteiger partial charge in [-0.2, -0.15) is 13.2 Å². The number of nitrogens with two attached hydrogens (primary N) is 1. The molecular weight excluding hydrogens is 223 g/mol. The molecule has 1 atom stereocenters. The quantitative estimate of drug-likeness (QED) is 0.793. The molecule has 0 bridgehead atoms. The first-order valence-electron chi connectivity index (χ1n) is 4.37. The van der Waals surface area contributed by atoms with Crippen molar-refractivity contribution in [2.45, 2.75) is 12.2 Å². The van der Waals surface area contributed by atoms with E-state index in [1.165, 1.54) is 12.1 Å². The second kappa shape index (κ2) is 4.52. The predicted molar refractivity (Wildman–Crippen MR) is 50.4 cm³/mol. The van der Waals surface area contributed by atoms with Gasteiger partial charge < -0.3 is 10.5 Å². The highest BCUT2D eigenvalue weighted by Gasteiger charge is 2.35. The maximum absolute atomic E-state index is 12.6. The lowest BCUT2D eigenvalue weighted by Gasteiger charge is -2.16. The molecule has 0 radical (unpaired) electrons. The van der Waals surface area contributed by atoms with Crippen LogP contribution in [0, 0.1) is 0 Å². The summed E-state index contributed by atoms with van der Waals surface area (Å²) in [6, 6.07) is 3.22. The van der Waals surface area contributed by atoms with E-state index in [-0.39, 0.29) is 5.56 Å². The molecule has 0 aliphatic heterocycles. The van der Waals surface area contributed by atoms with Crippen molar-refractivity contribution in [2.75, 3.05) is 7.11 Å². The normalized spacial score (nSPS) is 13.3. The number of hydrogen-bond donors (Lipinski definition) is 1. The van der Waals surface area contributed by atoms with Crippen LogP contribution in [0.25, 0.3) is 0 Å². The standard InChI is InChI=1S/C10H10F3NO2/c1-16-9(15)8(14)6-4-2-3-5-7(6)10(11,12)13/h2-5,8H,14H2,1H3. The van der Waals surface area contributed by atoms with Crippen molar-refractivity contribution in [1.29, 1.82) is 0 Å². The molecule has 0 saturated heterocycles. The minimum atomic E-state index is -4.54. The van der Waals surface area contributed by atoms with E-state index in [4.69, 9.17) is 5.73 Å². The fourth-order valence-corrected chi connectivity index (χ4v) is 1.28. The molecule has 0 saturated carbocycles. The monoisotopic (exact) mass is 233 g/mol. The average molecular weight is 233 g/mol. The molecule has 1 aromatic rings. The third-order valence-electron chi connectivity index (χ3n) is 2.06. The number of carbonyl (C=O) groups excluding carboxylic acids is 1. The number of esters is 1. The Morgan fingerprint density at radius 1 is 1.38 bits per heavy atom.